The van der Waals surface area contributed by atoms with Gasteiger partial charge < -0.3 is 15.3 Å². The van der Waals surface area contributed by atoms with Crippen LogP contribution < -0.4 is 10.2 Å². The molecule has 31 heavy (non-hydrogen) atoms. The monoisotopic (exact) mass is 418 g/mol. The summed E-state index contributed by atoms with van der Waals surface area (Å²) in [6.45, 7) is 0.634. The number of aliphatic hydroxyl groups is 1. The van der Waals surface area contributed by atoms with Gasteiger partial charge in [-0.25, -0.2) is 4.39 Å². The molecular weight excluding hydrogens is 395 g/mol. The summed E-state index contributed by atoms with van der Waals surface area (Å²) in [5, 5.41) is 11.7. The number of ketones is 1. The third-order valence-corrected chi connectivity index (χ3v) is 4.73. The zero-order valence-electron chi connectivity index (χ0n) is 17.1. The molecule has 6 heteroatoms. The van der Waals surface area contributed by atoms with Gasteiger partial charge >= 0.3 is 0 Å². The summed E-state index contributed by atoms with van der Waals surface area (Å²) in [5.74, 6) is -0.914. The molecule has 0 radical (unpaired) electrons. The second-order valence-electron chi connectivity index (χ2n) is 6.97. The van der Waals surface area contributed by atoms with E-state index in [0.717, 1.165) is 11.3 Å². The van der Waals surface area contributed by atoms with E-state index in [4.69, 9.17) is 5.11 Å². The molecule has 158 valence electrons. The van der Waals surface area contributed by atoms with E-state index >= 15 is 0 Å². The van der Waals surface area contributed by atoms with Crippen LogP contribution in [0.1, 0.15) is 26.3 Å². The van der Waals surface area contributed by atoms with E-state index in [1.165, 1.54) is 30.3 Å². The number of likely N-dealkylation sites (N-methyl/N-ethyl adjacent to an activating group) is 1. The third kappa shape index (κ3) is 6.10. The fraction of sp³-hybridized carbons (Fsp3) is 0.120. The topological polar surface area (TPSA) is 69.6 Å². The first-order chi connectivity index (χ1) is 15.0. The van der Waals surface area contributed by atoms with Gasteiger partial charge in [-0.3, -0.25) is 9.59 Å². The van der Waals surface area contributed by atoms with Crippen molar-refractivity contribution in [3.05, 3.63) is 101 Å². The van der Waals surface area contributed by atoms with Crippen molar-refractivity contribution >= 4 is 29.1 Å². The number of carbonyl (C=O) groups is 2. The van der Waals surface area contributed by atoms with Gasteiger partial charge in [0, 0.05) is 36.1 Å². The number of hydrogen-bond acceptors (Lipinski definition) is 4. The highest BCUT2D eigenvalue weighted by molar-refractivity contribution is 6.08. The lowest BCUT2D eigenvalue weighted by Crippen LogP contribution is -2.20. The Morgan fingerprint density at radius 2 is 1.55 bits per heavy atom. The summed E-state index contributed by atoms with van der Waals surface area (Å²) in [7, 11) is 1.90. The lowest BCUT2D eigenvalue weighted by atomic mass is 10.1. The lowest BCUT2D eigenvalue weighted by Gasteiger charge is -2.17. The van der Waals surface area contributed by atoms with Gasteiger partial charge in [-0.1, -0.05) is 18.2 Å². The van der Waals surface area contributed by atoms with Gasteiger partial charge in [0.1, 0.15) is 5.82 Å². The first-order valence-corrected chi connectivity index (χ1v) is 9.78. The molecular formula is C25H23FN2O3. The van der Waals surface area contributed by atoms with Crippen LogP contribution >= 0.6 is 0 Å². The molecule has 3 rings (SSSR count). The Bertz CT molecular complexity index is 1060. The predicted octanol–water partition coefficient (Wildman–Crippen LogP) is 4.40. The number of anilines is 2. The van der Waals surface area contributed by atoms with Crippen molar-refractivity contribution < 1.29 is 19.1 Å². The second-order valence-corrected chi connectivity index (χ2v) is 6.97. The van der Waals surface area contributed by atoms with Crippen molar-refractivity contribution in [1.82, 2.24) is 0 Å². The highest BCUT2D eigenvalue weighted by atomic mass is 19.1. The molecule has 0 unspecified atom stereocenters. The van der Waals surface area contributed by atoms with Crippen LogP contribution in [0, 0.1) is 5.82 Å². The smallest absolute Gasteiger partial charge is 0.255 e. The number of benzene rings is 3. The van der Waals surface area contributed by atoms with Gasteiger partial charge in [0.2, 0.25) is 0 Å². The van der Waals surface area contributed by atoms with E-state index in [0.29, 0.717) is 23.4 Å². The highest BCUT2D eigenvalue weighted by Crippen LogP contribution is 2.16. The number of aliphatic hydroxyl groups excluding tert-OH is 1. The molecule has 2 N–H and O–H groups in total. The molecule has 0 spiro atoms. The quantitative estimate of drug-likeness (QED) is 0.420. The summed E-state index contributed by atoms with van der Waals surface area (Å²) >= 11 is 0. The maximum Gasteiger partial charge on any atom is 0.255 e. The third-order valence-electron chi connectivity index (χ3n) is 4.73. The van der Waals surface area contributed by atoms with Crippen LogP contribution in [-0.2, 0) is 0 Å². The van der Waals surface area contributed by atoms with Gasteiger partial charge in [-0.15, -0.1) is 0 Å². The first-order valence-electron chi connectivity index (χ1n) is 9.78. The van der Waals surface area contributed by atoms with Crippen molar-refractivity contribution in [2.75, 3.05) is 30.4 Å². The minimum Gasteiger partial charge on any atom is -0.395 e. The highest BCUT2D eigenvalue weighted by Gasteiger charge is 2.07. The SMILES string of the molecule is CN(CCO)c1ccc(/C=C/C(=O)c2ccc(NC(=O)c3ccc(F)cc3)cc2)cc1. The van der Waals surface area contributed by atoms with Gasteiger partial charge in [0.25, 0.3) is 5.91 Å². The van der Waals surface area contributed by atoms with Crippen molar-refractivity contribution in [2.24, 2.45) is 0 Å². The van der Waals surface area contributed by atoms with E-state index < -0.39 is 5.82 Å². The molecule has 0 aliphatic heterocycles. The molecule has 0 saturated carbocycles. The summed E-state index contributed by atoms with van der Waals surface area (Å²) < 4.78 is 13.0. The second kappa shape index (κ2) is 10.3. The Hall–Kier alpha value is -3.77. The minimum atomic E-state index is -0.405. The standard InChI is InChI=1S/C25H23FN2O3/c1-28(16-17-29)23-13-2-18(3-14-23)4-15-24(30)19-7-11-22(12-8-19)27-25(31)20-5-9-21(26)10-6-20/h2-15,29H,16-17H2,1H3,(H,27,31)/b15-4+. The summed E-state index contributed by atoms with van der Waals surface area (Å²) in [6.07, 6.45) is 3.24. The molecule has 0 saturated heterocycles. The van der Waals surface area contributed by atoms with E-state index in [9.17, 15) is 14.0 Å². The molecule has 0 aliphatic carbocycles. The number of allylic oxidation sites excluding steroid dienone is 1. The van der Waals surface area contributed by atoms with E-state index in [-0.39, 0.29) is 18.3 Å². The van der Waals surface area contributed by atoms with Gasteiger partial charge in [0.15, 0.2) is 5.78 Å². The minimum absolute atomic E-state index is 0.0847. The number of nitrogens with one attached hydrogen (secondary N) is 1. The van der Waals surface area contributed by atoms with Crippen molar-refractivity contribution in [1.29, 1.82) is 0 Å². The van der Waals surface area contributed by atoms with Crippen LogP contribution in [-0.4, -0.2) is 37.0 Å². The van der Waals surface area contributed by atoms with Crippen LogP contribution in [0.3, 0.4) is 0 Å². The molecule has 1 amide bonds. The normalized spacial score (nSPS) is 10.8. The zero-order valence-corrected chi connectivity index (χ0v) is 17.1. The number of carbonyl (C=O) groups excluding carboxylic acids is 2. The summed E-state index contributed by atoms with van der Waals surface area (Å²) in [4.78, 5) is 26.5. The van der Waals surface area contributed by atoms with Crippen LogP contribution in [0.2, 0.25) is 0 Å². The molecule has 0 aliphatic rings. The molecule has 3 aromatic carbocycles. The lowest BCUT2D eigenvalue weighted by molar-refractivity contribution is 0.102. The maximum atomic E-state index is 13.0. The van der Waals surface area contributed by atoms with Crippen molar-refractivity contribution in [2.45, 2.75) is 0 Å². The van der Waals surface area contributed by atoms with Crippen LogP contribution in [0.25, 0.3) is 6.08 Å². The summed E-state index contributed by atoms with van der Waals surface area (Å²) in [5.41, 5.74) is 3.25. The Morgan fingerprint density at radius 3 is 2.16 bits per heavy atom. The number of hydrogen-bond donors (Lipinski definition) is 2. The number of nitrogens with zero attached hydrogens (tertiary/aromatic N) is 1. The maximum absolute atomic E-state index is 13.0. The van der Waals surface area contributed by atoms with E-state index in [2.05, 4.69) is 5.32 Å². The Kier molecular flexibility index (Phi) is 7.30. The average Bonchev–Trinajstić information content (AvgIpc) is 2.79. The molecule has 0 aromatic heterocycles. The van der Waals surface area contributed by atoms with Crippen LogP contribution in [0.5, 0.6) is 0 Å². The fourth-order valence-corrected chi connectivity index (χ4v) is 2.91. The van der Waals surface area contributed by atoms with Gasteiger partial charge in [-0.05, 0) is 72.3 Å². The molecule has 0 heterocycles. The van der Waals surface area contributed by atoms with Crippen LogP contribution in [0.4, 0.5) is 15.8 Å². The summed E-state index contributed by atoms with van der Waals surface area (Å²) in [6, 6.07) is 19.5. The number of rotatable bonds is 8. The largest absolute Gasteiger partial charge is 0.395 e. The average molecular weight is 418 g/mol. The van der Waals surface area contributed by atoms with Crippen LogP contribution in [0.15, 0.2) is 78.9 Å². The molecule has 0 atom stereocenters. The molecule has 0 fully saturated rings. The number of amides is 1. The molecule has 3 aromatic rings. The predicted molar refractivity (Wildman–Crippen MR) is 121 cm³/mol. The fourth-order valence-electron chi connectivity index (χ4n) is 2.91. The van der Waals surface area contributed by atoms with Gasteiger partial charge in [0.05, 0.1) is 6.61 Å². The first kappa shape index (κ1) is 21.9. The van der Waals surface area contributed by atoms with Gasteiger partial charge in [-0.2, -0.15) is 0 Å². The molecule has 0 bridgehead atoms. The Balaban J connectivity index is 1.59. The molecule has 5 nitrogen and oxygen atoms in total. The Morgan fingerprint density at radius 1 is 0.935 bits per heavy atom. The van der Waals surface area contributed by atoms with E-state index in [1.54, 1.807) is 30.3 Å². The zero-order chi connectivity index (χ0) is 22.2. The Labute approximate surface area is 180 Å². The van der Waals surface area contributed by atoms with Crippen molar-refractivity contribution in [3.8, 4) is 0 Å². The number of halogens is 1. The van der Waals surface area contributed by atoms with Crippen molar-refractivity contribution in [3.63, 3.8) is 0 Å². The van der Waals surface area contributed by atoms with E-state index in [1.807, 2.05) is 36.2 Å².